The SMILES string of the molecule is CC(=O)c1cc(C(F)(F)F)ccc1OC1CC2CC[C@@H](C1)N2c1ccc(C(F)(F)F)cn1.CC1(c2cc(C(F)(F)F)ccc2OC2CC3CC[C@@H](C2)N3c2ccc(C(F)(F)F)cn2)OCCO1.Cc1ncc(-c2cc(C(F)(F)F)ccc2OC2CC3CC[C@@H](C2)N3c2ccc(C(F)(F)F)cn2)o1. The highest BCUT2D eigenvalue weighted by molar-refractivity contribution is 5.97. The number of benzene rings is 3. The molecule has 6 bridgehead atoms. The number of carbonyl (C=O) groups is 1. The Kier molecular flexibility index (Phi) is 20.0. The highest BCUT2D eigenvalue weighted by Crippen LogP contribution is 2.48. The maximum atomic E-state index is 13.4. The quantitative estimate of drug-likeness (QED) is 0.0847. The van der Waals surface area contributed by atoms with Gasteiger partial charge in [0.25, 0.3) is 0 Å². The van der Waals surface area contributed by atoms with Crippen molar-refractivity contribution in [1.29, 1.82) is 0 Å². The van der Waals surface area contributed by atoms with Crippen molar-refractivity contribution in [2.75, 3.05) is 27.9 Å². The van der Waals surface area contributed by atoms with E-state index in [0.29, 0.717) is 61.9 Å². The van der Waals surface area contributed by atoms with Crippen LogP contribution >= 0.6 is 0 Å². The van der Waals surface area contributed by atoms with E-state index < -0.39 is 82.0 Å². The zero-order valence-corrected chi connectivity index (χ0v) is 54.4. The second kappa shape index (κ2) is 27.9. The van der Waals surface area contributed by atoms with E-state index in [0.717, 1.165) is 112 Å². The summed E-state index contributed by atoms with van der Waals surface area (Å²) in [6.45, 7) is 4.87. The first-order chi connectivity index (χ1) is 47.9. The van der Waals surface area contributed by atoms with Crippen LogP contribution in [-0.4, -0.2) is 93.5 Å². The van der Waals surface area contributed by atoms with E-state index in [1.807, 2.05) is 14.7 Å². The molecule has 6 unspecified atom stereocenters. The molecular formula is C70H65F18N7O7. The molecule has 0 amide bonds. The summed E-state index contributed by atoms with van der Waals surface area (Å²) in [6, 6.07) is 16.6. The summed E-state index contributed by atoms with van der Waals surface area (Å²) in [5.41, 5.74) is -4.75. The van der Waals surface area contributed by atoms with Crippen molar-refractivity contribution in [1.82, 2.24) is 19.9 Å². The van der Waals surface area contributed by atoms with Crippen LogP contribution in [0.3, 0.4) is 0 Å². The number of piperidine rings is 3. The Labute approximate surface area is 571 Å². The average Bonchev–Trinajstić information content (AvgIpc) is 1.52. The Hall–Kier alpha value is -8.55. The van der Waals surface area contributed by atoms with Gasteiger partial charge in [0.2, 0.25) is 0 Å². The molecule has 0 spiro atoms. The van der Waals surface area contributed by atoms with Crippen LogP contribution < -0.4 is 28.9 Å². The van der Waals surface area contributed by atoms with Crippen LogP contribution in [0.4, 0.5) is 96.5 Å². The van der Waals surface area contributed by atoms with Crippen LogP contribution in [0.2, 0.25) is 0 Å². The Balaban J connectivity index is 0.000000145. The van der Waals surface area contributed by atoms with Crippen LogP contribution in [0, 0.1) is 6.92 Å². The predicted molar refractivity (Wildman–Crippen MR) is 330 cm³/mol. The summed E-state index contributed by atoms with van der Waals surface area (Å²) in [5, 5.41) is 0. The molecule has 3 aromatic carbocycles. The maximum absolute atomic E-state index is 13.4. The molecule has 7 fully saturated rings. The number of halogens is 18. The van der Waals surface area contributed by atoms with Crippen molar-refractivity contribution < 1.29 is 112 Å². The van der Waals surface area contributed by atoms with Gasteiger partial charge in [0.1, 0.15) is 53.0 Å². The predicted octanol–water partition coefficient (Wildman–Crippen LogP) is 18.5. The van der Waals surface area contributed by atoms with Gasteiger partial charge in [0, 0.05) is 100 Å². The molecule has 102 heavy (non-hydrogen) atoms. The molecule has 0 saturated carbocycles. The number of fused-ring (bicyclic) bond motifs is 6. The molecule has 14 rings (SSSR count). The van der Waals surface area contributed by atoms with Gasteiger partial charge in [-0.15, -0.1) is 0 Å². The first-order valence-corrected chi connectivity index (χ1v) is 32.7. The maximum Gasteiger partial charge on any atom is 0.417 e. The zero-order valence-electron chi connectivity index (χ0n) is 54.4. The number of hydrogen-bond acceptors (Lipinski definition) is 14. The summed E-state index contributed by atoms with van der Waals surface area (Å²) in [7, 11) is 0. The smallest absolute Gasteiger partial charge is 0.417 e. The van der Waals surface area contributed by atoms with Gasteiger partial charge < -0.3 is 42.8 Å². The van der Waals surface area contributed by atoms with E-state index in [-0.39, 0.29) is 107 Å². The number of rotatable bonds is 12. The summed E-state index contributed by atoms with van der Waals surface area (Å²) < 4.78 is 270. The highest BCUT2D eigenvalue weighted by Gasteiger charge is 2.48. The van der Waals surface area contributed by atoms with Gasteiger partial charge in [-0.2, -0.15) is 79.0 Å². The molecule has 7 aliphatic rings. The van der Waals surface area contributed by atoms with Crippen LogP contribution in [0.25, 0.3) is 11.3 Å². The van der Waals surface area contributed by atoms with Crippen molar-refractivity contribution in [3.05, 3.63) is 166 Å². The van der Waals surface area contributed by atoms with E-state index in [4.69, 9.17) is 28.1 Å². The van der Waals surface area contributed by atoms with E-state index in [9.17, 15) is 83.8 Å². The van der Waals surface area contributed by atoms with E-state index in [1.54, 1.807) is 13.8 Å². The van der Waals surface area contributed by atoms with Gasteiger partial charge in [0.05, 0.1) is 69.5 Å². The Bertz CT molecular complexity index is 4060. The molecule has 7 aliphatic heterocycles. The number of ketones is 1. The average molecular weight is 1460 g/mol. The minimum absolute atomic E-state index is 0.00779. The lowest BCUT2D eigenvalue weighted by Crippen LogP contribution is -2.47. The lowest BCUT2D eigenvalue weighted by molar-refractivity contribution is -0.153. The number of nitrogens with zero attached hydrogens (tertiary/aromatic N) is 7. The largest absolute Gasteiger partial charge is 0.490 e. The molecule has 4 aromatic heterocycles. The third-order valence-corrected chi connectivity index (χ3v) is 19.5. The lowest BCUT2D eigenvalue weighted by Gasteiger charge is -2.40. The number of anilines is 3. The number of hydrogen-bond donors (Lipinski definition) is 0. The molecule has 548 valence electrons. The molecule has 7 saturated heterocycles. The summed E-state index contributed by atoms with van der Waals surface area (Å²) in [4.78, 5) is 34.1. The third kappa shape index (κ3) is 16.1. The van der Waals surface area contributed by atoms with E-state index in [2.05, 4.69) is 19.9 Å². The van der Waals surface area contributed by atoms with Crippen LogP contribution in [-0.2, 0) is 52.3 Å². The molecule has 14 nitrogen and oxygen atoms in total. The van der Waals surface area contributed by atoms with Gasteiger partial charge in [-0.1, -0.05) is 0 Å². The lowest BCUT2D eigenvalue weighted by atomic mass is 9.98. The topological polar surface area (TPSA) is 138 Å². The van der Waals surface area contributed by atoms with Crippen LogP contribution in [0.5, 0.6) is 17.2 Å². The summed E-state index contributed by atoms with van der Waals surface area (Å²) >= 11 is 0. The highest BCUT2D eigenvalue weighted by atomic mass is 19.4. The van der Waals surface area contributed by atoms with Crippen LogP contribution in [0.15, 0.2) is 120 Å². The van der Waals surface area contributed by atoms with Gasteiger partial charge in [-0.25, -0.2) is 19.9 Å². The number of ether oxygens (including phenoxy) is 5. The molecule has 0 radical (unpaired) electrons. The molecule has 11 heterocycles. The number of aromatic nitrogens is 4. The van der Waals surface area contributed by atoms with Crippen molar-refractivity contribution >= 4 is 23.2 Å². The number of alkyl halides is 18. The molecule has 32 heteroatoms. The number of aryl methyl sites for hydroxylation is 1. The molecule has 7 aromatic rings. The minimum Gasteiger partial charge on any atom is -0.490 e. The monoisotopic (exact) mass is 1460 g/mol. The number of carbonyl (C=O) groups excluding carboxylic acids is 1. The number of Topliss-reactive ketones (excluding diaryl/α,β-unsaturated/α-hetero) is 1. The van der Waals surface area contributed by atoms with Gasteiger partial charge in [-0.05, 0) is 143 Å². The van der Waals surface area contributed by atoms with Crippen LogP contribution in [0.1, 0.15) is 146 Å². The first-order valence-electron chi connectivity index (χ1n) is 32.7. The van der Waals surface area contributed by atoms with E-state index in [1.165, 1.54) is 49.5 Å². The van der Waals surface area contributed by atoms with Gasteiger partial charge in [0.15, 0.2) is 23.2 Å². The Morgan fingerprint density at radius 2 is 0.745 bits per heavy atom. The minimum atomic E-state index is -4.57. The van der Waals surface area contributed by atoms with E-state index >= 15 is 0 Å². The fourth-order valence-corrected chi connectivity index (χ4v) is 14.9. The third-order valence-electron chi connectivity index (χ3n) is 19.5. The van der Waals surface area contributed by atoms with Gasteiger partial charge >= 0.3 is 37.1 Å². The standard InChI is InChI=1S/C24H21F6N3O2.C24H24F6N2O3.C22H20F6N2O2/c1-13-31-12-21(34-13)19-8-14(23(25,26)27)2-6-20(19)35-18-9-16-4-5-17(10-18)33(16)22-7-3-15(11-32-22)24(28,29)30;1-22(33-8-9-34-22)19-10-14(23(25,26)27)2-6-20(19)35-18-11-16-4-5-17(12-18)32(16)21-7-3-15(13-31-21)24(28,29)30;1-12(31)18-8-13(21(23,24)25)2-6-19(18)32-17-9-15-4-5-16(10-17)30(15)20-7-3-14(11-29-20)22(26,27)28/h2-3,6-8,11-12,16-18H,4-5,9-10H2,1H3;2-3,6-7,10,13,16-18H,4-5,8-9,11-12H2,1H3;2-3,6-8,11,15-17H,4-5,9-10H2,1H3/t2*16-,17?,18?;15-,16?,17?/m000/s1. The fourth-order valence-electron chi connectivity index (χ4n) is 14.9. The molecule has 0 N–H and O–H groups in total. The zero-order chi connectivity index (χ0) is 73.2. The summed E-state index contributed by atoms with van der Waals surface area (Å²) in [5.74, 6) is 0.694. The fraction of sp³-hybridized carbons (Fsp3) is 0.471. The molecular weight excluding hydrogens is 1390 g/mol. The number of pyridine rings is 3. The molecule has 0 aliphatic carbocycles. The number of oxazole rings is 1. The van der Waals surface area contributed by atoms with Crippen molar-refractivity contribution in [2.45, 2.75) is 195 Å². The van der Waals surface area contributed by atoms with Gasteiger partial charge in [-0.3, -0.25) is 4.79 Å². The second-order valence-corrected chi connectivity index (χ2v) is 26.3. The Morgan fingerprint density at radius 1 is 0.422 bits per heavy atom. The molecule has 9 atom stereocenters. The Morgan fingerprint density at radius 3 is 1.08 bits per heavy atom. The normalized spacial score (nSPS) is 24.0. The van der Waals surface area contributed by atoms with Crippen molar-refractivity contribution in [2.24, 2.45) is 0 Å². The second-order valence-electron chi connectivity index (χ2n) is 26.3. The van der Waals surface area contributed by atoms with Crippen molar-refractivity contribution in [3.63, 3.8) is 0 Å². The summed E-state index contributed by atoms with van der Waals surface area (Å²) in [6.07, 6.45) is -15.8. The first kappa shape index (κ1) is 73.2. The van der Waals surface area contributed by atoms with Crippen molar-refractivity contribution in [3.8, 4) is 28.6 Å².